The Morgan fingerprint density at radius 2 is 1.85 bits per heavy atom. The highest BCUT2D eigenvalue weighted by Gasteiger charge is 2.31. The van der Waals surface area contributed by atoms with Gasteiger partial charge in [0, 0.05) is 43.9 Å². The third kappa shape index (κ3) is 5.20. The van der Waals surface area contributed by atoms with E-state index in [4.69, 9.17) is 19.4 Å². The summed E-state index contributed by atoms with van der Waals surface area (Å²) in [7, 11) is 3.60. The van der Waals surface area contributed by atoms with Crippen LogP contribution in [0, 0.1) is 0 Å². The Kier molecular flexibility index (Phi) is 6.84. The lowest BCUT2D eigenvalue weighted by Crippen LogP contribution is -2.30. The number of carbonyl (C=O) groups is 1. The Morgan fingerprint density at radius 1 is 1.09 bits per heavy atom. The van der Waals surface area contributed by atoms with Crippen molar-refractivity contribution >= 4 is 17.7 Å². The number of hydrogen-bond donors (Lipinski definition) is 0. The normalized spacial score (nSPS) is 13.0. The molecule has 0 fully saturated rings. The van der Waals surface area contributed by atoms with Crippen molar-refractivity contribution in [2.45, 2.75) is 32.8 Å². The van der Waals surface area contributed by atoms with E-state index < -0.39 is 0 Å². The molecule has 34 heavy (non-hydrogen) atoms. The van der Waals surface area contributed by atoms with Gasteiger partial charge in [-0.25, -0.2) is 4.98 Å². The smallest absolute Gasteiger partial charge is 0.259 e. The average Bonchev–Trinajstić information content (AvgIpc) is 3.25. The number of rotatable bonds is 7. The highest BCUT2D eigenvalue weighted by molar-refractivity contribution is 6.07. The fourth-order valence-corrected chi connectivity index (χ4v) is 3.98. The lowest BCUT2D eigenvalue weighted by molar-refractivity contribution is 0.0988. The monoisotopic (exact) mass is 460 g/mol. The summed E-state index contributed by atoms with van der Waals surface area (Å²) in [5, 5.41) is 0. The molecule has 1 aromatic heterocycles. The van der Waals surface area contributed by atoms with Gasteiger partial charge in [0.25, 0.3) is 5.91 Å². The number of hydrogen-bond acceptors (Lipinski definition) is 6. The van der Waals surface area contributed by atoms with E-state index in [0.29, 0.717) is 43.4 Å². The second-order valence-corrected chi connectivity index (χ2v) is 9.40. The van der Waals surface area contributed by atoms with Crippen LogP contribution in [0.2, 0.25) is 0 Å². The third-order valence-electron chi connectivity index (χ3n) is 5.58. The number of carbonyl (C=O) groups excluding carboxylic acids is 1. The molecule has 0 atom stereocenters. The third-order valence-corrected chi connectivity index (χ3v) is 5.58. The van der Waals surface area contributed by atoms with Crippen LogP contribution in [-0.2, 0) is 11.2 Å². The number of aromatic nitrogens is 2. The van der Waals surface area contributed by atoms with Gasteiger partial charge in [0.1, 0.15) is 17.2 Å². The van der Waals surface area contributed by atoms with E-state index in [-0.39, 0.29) is 11.5 Å². The molecule has 178 valence electrons. The SMILES string of the molecule is COCCN(C)c1nc(-c2cccc(OC(C)(C)C)c2)c2c(n1)N(C(=O)c1ccccc1)CC2. The summed E-state index contributed by atoms with van der Waals surface area (Å²) >= 11 is 0. The van der Waals surface area contributed by atoms with Crippen LogP contribution in [0.4, 0.5) is 11.8 Å². The van der Waals surface area contributed by atoms with Gasteiger partial charge in [-0.2, -0.15) is 4.98 Å². The van der Waals surface area contributed by atoms with Crippen molar-refractivity contribution in [3.8, 4) is 17.0 Å². The summed E-state index contributed by atoms with van der Waals surface area (Å²) < 4.78 is 11.3. The molecule has 3 aromatic rings. The Hall–Kier alpha value is -3.45. The molecule has 0 unspecified atom stereocenters. The fraction of sp³-hybridized carbons (Fsp3) is 0.370. The van der Waals surface area contributed by atoms with E-state index in [1.165, 1.54) is 0 Å². The lowest BCUT2D eigenvalue weighted by Gasteiger charge is -2.23. The molecule has 0 spiro atoms. The first-order valence-electron chi connectivity index (χ1n) is 11.5. The van der Waals surface area contributed by atoms with Gasteiger partial charge in [-0.3, -0.25) is 9.69 Å². The van der Waals surface area contributed by atoms with Crippen LogP contribution in [0.25, 0.3) is 11.3 Å². The Bertz CT molecular complexity index is 1160. The molecule has 1 aliphatic rings. The summed E-state index contributed by atoms with van der Waals surface area (Å²) in [5.74, 6) is 1.95. The molecule has 4 rings (SSSR count). The molecule has 0 N–H and O–H groups in total. The standard InChI is InChI=1S/C27H32N4O3/c1-27(2,3)34-21-13-9-12-20(18-21)23-22-14-15-31(25(32)19-10-7-6-8-11-19)24(22)29-26(28-23)30(4)16-17-33-5/h6-13,18H,14-17H2,1-5H3. The van der Waals surface area contributed by atoms with Crippen LogP contribution < -0.4 is 14.5 Å². The average molecular weight is 461 g/mol. The number of benzene rings is 2. The van der Waals surface area contributed by atoms with Crippen LogP contribution in [0.15, 0.2) is 54.6 Å². The zero-order valence-corrected chi connectivity index (χ0v) is 20.5. The quantitative estimate of drug-likeness (QED) is 0.513. The van der Waals surface area contributed by atoms with Crippen molar-refractivity contribution in [2.24, 2.45) is 0 Å². The Balaban J connectivity index is 1.79. The molecule has 7 nitrogen and oxygen atoms in total. The number of likely N-dealkylation sites (N-methyl/N-ethyl adjacent to an activating group) is 1. The minimum Gasteiger partial charge on any atom is -0.488 e. The van der Waals surface area contributed by atoms with Crippen LogP contribution in [-0.4, -0.2) is 55.3 Å². The number of nitrogens with zero attached hydrogens (tertiary/aromatic N) is 4. The highest BCUT2D eigenvalue weighted by atomic mass is 16.5. The van der Waals surface area contributed by atoms with E-state index >= 15 is 0 Å². The van der Waals surface area contributed by atoms with Gasteiger partial charge in [-0.15, -0.1) is 0 Å². The Labute approximate surface area is 201 Å². The van der Waals surface area contributed by atoms with Gasteiger partial charge in [0.15, 0.2) is 0 Å². The van der Waals surface area contributed by atoms with Gasteiger partial charge >= 0.3 is 0 Å². The van der Waals surface area contributed by atoms with Crippen LogP contribution in [0.3, 0.4) is 0 Å². The van der Waals surface area contributed by atoms with Crippen molar-refractivity contribution in [3.63, 3.8) is 0 Å². The number of fused-ring (bicyclic) bond motifs is 1. The first-order chi connectivity index (χ1) is 16.3. The number of ether oxygens (including phenoxy) is 2. The topological polar surface area (TPSA) is 67.8 Å². The minimum atomic E-state index is -0.309. The lowest BCUT2D eigenvalue weighted by atomic mass is 10.0. The van der Waals surface area contributed by atoms with Gasteiger partial charge < -0.3 is 14.4 Å². The summed E-state index contributed by atoms with van der Waals surface area (Å²) in [6.07, 6.45) is 0.690. The van der Waals surface area contributed by atoms with E-state index in [1.807, 2.05) is 87.3 Å². The number of amides is 1. The maximum atomic E-state index is 13.3. The summed E-state index contributed by atoms with van der Waals surface area (Å²) in [6, 6.07) is 17.3. The summed E-state index contributed by atoms with van der Waals surface area (Å²) in [5.41, 5.74) is 3.07. The minimum absolute atomic E-state index is 0.0562. The van der Waals surface area contributed by atoms with Crippen molar-refractivity contribution in [1.29, 1.82) is 0 Å². The highest BCUT2D eigenvalue weighted by Crippen LogP contribution is 2.37. The first-order valence-corrected chi connectivity index (χ1v) is 11.5. The molecule has 2 heterocycles. The largest absolute Gasteiger partial charge is 0.488 e. The van der Waals surface area contributed by atoms with Gasteiger partial charge in [0.05, 0.1) is 12.3 Å². The van der Waals surface area contributed by atoms with Crippen LogP contribution in [0.5, 0.6) is 5.75 Å². The van der Waals surface area contributed by atoms with Crippen molar-refractivity contribution < 1.29 is 14.3 Å². The predicted octanol–water partition coefficient (Wildman–Crippen LogP) is 4.61. The van der Waals surface area contributed by atoms with E-state index in [2.05, 4.69) is 0 Å². The maximum Gasteiger partial charge on any atom is 0.259 e. The molecule has 2 aromatic carbocycles. The molecule has 1 amide bonds. The van der Waals surface area contributed by atoms with Crippen molar-refractivity contribution in [3.05, 3.63) is 65.7 Å². The summed E-state index contributed by atoms with van der Waals surface area (Å²) in [4.78, 5) is 26.8. The molecule has 0 bridgehead atoms. The Morgan fingerprint density at radius 3 is 2.56 bits per heavy atom. The van der Waals surface area contributed by atoms with Gasteiger partial charge in [-0.05, 0) is 51.5 Å². The first kappa shape index (κ1) is 23.7. The molecule has 0 saturated carbocycles. The van der Waals surface area contributed by atoms with E-state index in [1.54, 1.807) is 12.0 Å². The maximum absolute atomic E-state index is 13.3. The second-order valence-electron chi connectivity index (χ2n) is 9.40. The van der Waals surface area contributed by atoms with Gasteiger partial charge in [0.2, 0.25) is 5.95 Å². The fourth-order valence-electron chi connectivity index (χ4n) is 3.98. The molecule has 7 heteroatoms. The molecular formula is C27H32N4O3. The van der Waals surface area contributed by atoms with E-state index in [0.717, 1.165) is 22.6 Å². The zero-order valence-electron chi connectivity index (χ0n) is 20.5. The van der Waals surface area contributed by atoms with E-state index in [9.17, 15) is 4.79 Å². The molecule has 1 aliphatic heterocycles. The van der Waals surface area contributed by atoms with Gasteiger partial charge in [-0.1, -0.05) is 30.3 Å². The number of methoxy groups -OCH3 is 1. The predicted molar refractivity (Wildman–Crippen MR) is 135 cm³/mol. The zero-order chi connectivity index (χ0) is 24.3. The van der Waals surface area contributed by atoms with Crippen molar-refractivity contribution in [1.82, 2.24) is 9.97 Å². The van der Waals surface area contributed by atoms with Crippen LogP contribution in [0.1, 0.15) is 36.7 Å². The second kappa shape index (κ2) is 9.81. The molecule has 0 aliphatic carbocycles. The molecular weight excluding hydrogens is 428 g/mol. The number of anilines is 2. The summed E-state index contributed by atoms with van der Waals surface area (Å²) in [6.45, 7) is 7.82. The van der Waals surface area contributed by atoms with Crippen molar-refractivity contribution in [2.75, 3.05) is 43.7 Å². The molecule has 0 saturated heterocycles. The van der Waals surface area contributed by atoms with Crippen LogP contribution >= 0.6 is 0 Å². The molecule has 0 radical (unpaired) electrons.